The SMILES string of the molecule is COc1c(Cc2cn(Cc3ccccc3)c3ccccc23)[nH]c(=O)c(CC(C)C)[n+]1[O-]. The van der Waals surface area contributed by atoms with Crippen LogP contribution in [0.15, 0.2) is 65.6 Å². The second kappa shape index (κ2) is 8.68. The molecule has 4 rings (SSSR count). The first kappa shape index (κ1) is 20.7. The molecule has 0 bridgehead atoms. The highest BCUT2D eigenvalue weighted by molar-refractivity contribution is 5.84. The van der Waals surface area contributed by atoms with Crippen LogP contribution in [0, 0.1) is 11.1 Å². The molecule has 31 heavy (non-hydrogen) atoms. The van der Waals surface area contributed by atoms with Crippen LogP contribution in [0.5, 0.6) is 5.88 Å². The van der Waals surface area contributed by atoms with Crippen molar-refractivity contribution in [1.82, 2.24) is 9.55 Å². The fraction of sp³-hybridized carbons (Fsp3) is 0.280. The van der Waals surface area contributed by atoms with Crippen molar-refractivity contribution in [2.24, 2.45) is 5.92 Å². The van der Waals surface area contributed by atoms with Gasteiger partial charge in [0.1, 0.15) is 5.69 Å². The van der Waals surface area contributed by atoms with Gasteiger partial charge < -0.3 is 19.5 Å². The van der Waals surface area contributed by atoms with E-state index in [9.17, 15) is 10.0 Å². The van der Waals surface area contributed by atoms with E-state index in [1.807, 2.05) is 44.2 Å². The number of nitrogens with zero attached hydrogens (tertiary/aromatic N) is 2. The van der Waals surface area contributed by atoms with Crippen molar-refractivity contribution in [3.63, 3.8) is 0 Å². The molecule has 0 spiro atoms. The summed E-state index contributed by atoms with van der Waals surface area (Å²) >= 11 is 0. The second-order valence-corrected chi connectivity index (χ2v) is 8.24. The smallest absolute Gasteiger partial charge is 0.400 e. The molecule has 1 N–H and O–H groups in total. The zero-order valence-electron chi connectivity index (χ0n) is 18.1. The van der Waals surface area contributed by atoms with Gasteiger partial charge >= 0.3 is 11.4 Å². The van der Waals surface area contributed by atoms with Crippen molar-refractivity contribution in [2.75, 3.05) is 7.11 Å². The van der Waals surface area contributed by atoms with E-state index < -0.39 is 0 Å². The Balaban J connectivity index is 1.76. The Labute approximate surface area is 181 Å². The van der Waals surface area contributed by atoms with Crippen LogP contribution in [-0.2, 0) is 19.4 Å². The lowest BCUT2D eigenvalue weighted by atomic mass is 10.1. The molecule has 0 unspecified atom stereocenters. The number of hydrogen-bond acceptors (Lipinski definition) is 3. The third kappa shape index (κ3) is 4.19. The van der Waals surface area contributed by atoms with Gasteiger partial charge in [-0.15, -0.1) is 4.73 Å². The Morgan fingerprint density at radius 3 is 2.52 bits per heavy atom. The van der Waals surface area contributed by atoms with Gasteiger partial charge in [-0.05, 0) is 23.1 Å². The highest BCUT2D eigenvalue weighted by Gasteiger charge is 2.24. The zero-order valence-corrected chi connectivity index (χ0v) is 18.1. The fourth-order valence-electron chi connectivity index (χ4n) is 4.05. The molecule has 4 aromatic rings. The van der Waals surface area contributed by atoms with Crippen molar-refractivity contribution in [2.45, 2.75) is 33.2 Å². The average Bonchev–Trinajstić information content (AvgIpc) is 3.09. The summed E-state index contributed by atoms with van der Waals surface area (Å²) in [5.41, 5.74) is 3.65. The molecular weight excluding hydrogens is 390 g/mol. The second-order valence-electron chi connectivity index (χ2n) is 8.24. The lowest BCUT2D eigenvalue weighted by Gasteiger charge is -2.12. The van der Waals surface area contributed by atoms with Gasteiger partial charge in [0.05, 0.1) is 7.11 Å². The van der Waals surface area contributed by atoms with Crippen LogP contribution in [0.1, 0.15) is 36.4 Å². The minimum atomic E-state index is -0.354. The minimum Gasteiger partial charge on any atom is -0.616 e. The first-order chi connectivity index (χ1) is 15.0. The first-order valence-electron chi connectivity index (χ1n) is 10.5. The lowest BCUT2D eigenvalue weighted by Crippen LogP contribution is -2.43. The summed E-state index contributed by atoms with van der Waals surface area (Å²) in [4.78, 5) is 15.5. The van der Waals surface area contributed by atoms with Crippen LogP contribution in [0.25, 0.3) is 10.9 Å². The Morgan fingerprint density at radius 2 is 1.81 bits per heavy atom. The van der Waals surface area contributed by atoms with E-state index in [1.54, 1.807) is 0 Å². The summed E-state index contributed by atoms with van der Waals surface area (Å²) in [5, 5.41) is 13.9. The summed E-state index contributed by atoms with van der Waals surface area (Å²) in [6, 6.07) is 18.4. The topological polar surface area (TPSA) is 74.0 Å². The molecule has 2 heterocycles. The number of fused-ring (bicyclic) bond motifs is 1. The number of aromatic amines is 1. The molecule has 2 aromatic carbocycles. The maximum absolute atomic E-state index is 12.8. The number of nitrogens with one attached hydrogen (secondary N) is 1. The molecule has 0 aliphatic carbocycles. The molecule has 0 amide bonds. The average molecular weight is 418 g/mol. The van der Waals surface area contributed by atoms with Gasteiger partial charge in [0.2, 0.25) is 0 Å². The van der Waals surface area contributed by atoms with E-state index in [0.717, 1.165) is 23.0 Å². The molecule has 6 heteroatoms. The van der Waals surface area contributed by atoms with Gasteiger partial charge in [0, 0.05) is 36.5 Å². The molecule has 6 nitrogen and oxygen atoms in total. The summed E-state index contributed by atoms with van der Waals surface area (Å²) in [7, 11) is 1.46. The number of aromatic nitrogens is 3. The van der Waals surface area contributed by atoms with E-state index >= 15 is 0 Å². The molecule has 0 saturated heterocycles. The molecule has 2 aromatic heterocycles. The van der Waals surface area contributed by atoms with Gasteiger partial charge in [-0.2, -0.15) is 0 Å². The third-order valence-electron chi connectivity index (χ3n) is 5.44. The molecule has 0 atom stereocenters. The quantitative estimate of drug-likeness (QED) is 0.367. The lowest BCUT2D eigenvalue weighted by molar-refractivity contribution is -0.622. The van der Waals surface area contributed by atoms with E-state index in [0.29, 0.717) is 23.3 Å². The van der Waals surface area contributed by atoms with Crippen LogP contribution >= 0.6 is 0 Å². The molecule has 0 radical (unpaired) electrons. The van der Waals surface area contributed by atoms with Crippen molar-refractivity contribution < 1.29 is 9.47 Å². The fourth-order valence-corrected chi connectivity index (χ4v) is 4.05. The van der Waals surface area contributed by atoms with Gasteiger partial charge in [0.25, 0.3) is 5.69 Å². The maximum Gasteiger partial charge on any atom is 0.400 e. The Kier molecular flexibility index (Phi) is 5.80. The van der Waals surface area contributed by atoms with Crippen LogP contribution < -0.4 is 15.0 Å². The molecule has 0 fully saturated rings. The van der Waals surface area contributed by atoms with Crippen LogP contribution in [0.2, 0.25) is 0 Å². The summed E-state index contributed by atoms with van der Waals surface area (Å²) in [6.07, 6.45) is 2.88. The van der Waals surface area contributed by atoms with Gasteiger partial charge in [0.15, 0.2) is 0 Å². The minimum absolute atomic E-state index is 0.148. The highest BCUT2D eigenvalue weighted by Crippen LogP contribution is 2.26. The monoisotopic (exact) mass is 417 g/mol. The highest BCUT2D eigenvalue weighted by atomic mass is 16.5. The number of H-pyrrole nitrogens is 1. The summed E-state index contributed by atoms with van der Waals surface area (Å²) in [5.74, 6) is 0.336. The van der Waals surface area contributed by atoms with Gasteiger partial charge in [-0.1, -0.05) is 62.4 Å². The largest absolute Gasteiger partial charge is 0.616 e. The predicted octanol–water partition coefficient (Wildman–Crippen LogP) is 3.81. The Bertz CT molecular complexity index is 1260. The number of benzene rings is 2. The van der Waals surface area contributed by atoms with E-state index in [2.05, 4.69) is 40.0 Å². The predicted molar refractivity (Wildman–Crippen MR) is 121 cm³/mol. The normalized spacial score (nSPS) is 11.4. The third-order valence-corrected chi connectivity index (χ3v) is 5.44. The van der Waals surface area contributed by atoms with Crippen molar-refractivity contribution in [3.8, 4) is 5.88 Å². The molecular formula is C25H27N3O3. The molecule has 160 valence electrons. The number of rotatable bonds is 7. The van der Waals surface area contributed by atoms with Crippen molar-refractivity contribution in [1.29, 1.82) is 0 Å². The number of ether oxygens (including phenoxy) is 1. The Hall–Kier alpha value is -3.54. The van der Waals surface area contributed by atoms with E-state index in [4.69, 9.17) is 4.74 Å². The van der Waals surface area contributed by atoms with Gasteiger partial charge in [-0.25, -0.2) is 0 Å². The summed E-state index contributed by atoms with van der Waals surface area (Å²) in [6.45, 7) is 4.69. The van der Waals surface area contributed by atoms with Crippen molar-refractivity contribution >= 4 is 10.9 Å². The number of para-hydroxylation sites is 1. The standard InChI is InChI=1S/C25H27N3O3/c1-17(2)13-23-24(29)26-21(25(31-3)28(23)30)14-19-16-27(15-18-9-5-4-6-10-18)22-12-8-7-11-20(19)22/h4-12,16-17H,13-15H2,1-3H3,(H,26,29). The van der Waals surface area contributed by atoms with Crippen LogP contribution in [0.3, 0.4) is 0 Å². The molecule has 0 aliphatic rings. The maximum atomic E-state index is 12.8. The molecule has 0 saturated carbocycles. The number of hydrogen-bond donors (Lipinski definition) is 1. The molecule has 0 aliphatic heterocycles. The van der Waals surface area contributed by atoms with E-state index in [1.165, 1.54) is 12.7 Å². The zero-order chi connectivity index (χ0) is 22.0. The summed E-state index contributed by atoms with van der Waals surface area (Å²) < 4.78 is 8.26. The van der Waals surface area contributed by atoms with Crippen LogP contribution in [-0.4, -0.2) is 16.7 Å². The van der Waals surface area contributed by atoms with Crippen LogP contribution in [0.4, 0.5) is 0 Å². The van der Waals surface area contributed by atoms with Crippen molar-refractivity contribution in [3.05, 3.63) is 98.9 Å². The Morgan fingerprint density at radius 1 is 1.10 bits per heavy atom. The van der Waals surface area contributed by atoms with E-state index in [-0.39, 0.29) is 23.1 Å². The number of methoxy groups -OCH3 is 1. The van der Waals surface area contributed by atoms with Gasteiger partial charge in [-0.3, -0.25) is 4.79 Å². The first-order valence-corrected chi connectivity index (χ1v) is 10.5.